The molecule has 1 fully saturated rings. The maximum absolute atomic E-state index is 11.9. The Morgan fingerprint density at radius 1 is 1.17 bits per heavy atom. The maximum atomic E-state index is 11.9. The van der Waals surface area contributed by atoms with Crippen LogP contribution in [0.4, 0.5) is 5.69 Å². The smallest absolute Gasteiger partial charge is 0.287 e. The topological polar surface area (TPSA) is 82.3 Å². The Morgan fingerprint density at radius 3 is 2.69 bits per heavy atom. The highest BCUT2D eigenvalue weighted by Crippen LogP contribution is 2.22. The van der Waals surface area contributed by atoms with Gasteiger partial charge in [0.25, 0.3) is 5.91 Å². The summed E-state index contributed by atoms with van der Waals surface area (Å²) in [7, 11) is 1.69. The average Bonchev–Trinajstić information content (AvgIpc) is 3.31. The zero-order valence-electron chi connectivity index (χ0n) is 17.1. The number of carbonyl (C=O) groups is 1. The highest BCUT2D eigenvalue weighted by molar-refractivity contribution is 5.91. The van der Waals surface area contributed by atoms with Crippen LogP contribution in [0.3, 0.4) is 0 Å². The summed E-state index contributed by atoms with van der Waals surface area (Å²) in [6, 6.07) is 11.5. The van der Waals surface area contributed by atoms with Gasteiger partial charge in [0.1, 0.15) is 5.75 Å². The van der Waals surface area contributed by atoms with Crippen molar-refractivity contribution in [3.05, 3.63) is 48.4 Å². The highest BCUT2D eigenvalue weighted by Gasteiger charge is 2.20. The zero-order valence-corrected chi connectivity index (χ0v) is 17.1. The van der Waals surface area contributed by atoms with Gasteiger partial charge >= 0.3 is 0 Å². The van der Waals surface area contributed by atoms with Crippen molar-refractivity contribution in [2.45, 2.75) is 6.92 Å². The van der Waals surface area contributed by atoms with Crippen molar-refractivity contribution in [2.24, 2.45) is 4.99 Å². The fourth-order valence-electron chi connectivity index (χ4n) is 3.24. The first-order chi connectivity index (χ1) is 14.2. The number of hydrogen-bond donors (Lipinski definition) is 2. The van der Waals surface area contributed by atoms with Crippen molar-refractivity contribution in [1.82, 2.24) is 15.5 Å². The number of piperazine rings is 1. The predicted molar refractivity (Wildman–Crippen MR) is 114 cm³/mol. The zero-order chi connectivity index (χ0) is 20.5. The second kappa shape index (κ2) is 10.4. The molecule has 1 saturated heterocycles. The van der Waals surface area contributed by atoms with Crippen molar-refractivity contribution >= 4 is 17.6 Å². The fourth-order valence-corrected chi connectivity index (χ4v) is 3.24. The number of amides is 1. The summed E-state index contributed by atoms with van der Waals surface area (Å²) in [5.41, 5.74) is 1.17. The SMILES string of the molecule is CCNC(=NCCNC(=O)c1ccco1)N1CCN(c2cccc(OC)c2)CC1. The lowest BCUT2D eigenvalue weighted by Crippen LogP contribution is -2.52. The lowest BCUT2D eigenvalue weighted by atomic mass is 10.2. The van der Waals surface area contributed by atoms with Crippen LogP contribution in [0, 0.1) is 0 Å². The number of nitrogens with one attached hydrogen (secondary N) is 2. The number of aliphatic imine (C=N–C) groups is 1. The minimum absolute atomic E-state index is 0.220. The first-order valence-corrected chi connectivity index (χ1v) is 9.95. The summed E-state index contributed by atoms with van der Waals surface area (Å²) in [6.07, 6.45) is 1.49. The molecule has 2 N–H and O–H groups in total. The molecule has 0 aliphatic carbocycles. The molecule has 1 aliphatic rings. The number of rotatable bonds is 7. The van der Waals surface area contributed by atoms with E-state index >= 15 is 0 Å². The molecule has 29 heavy (non-hydrogen) atoms. The molecule has 0 saturated carbocycles. The second-order valence-corrected chi connectivity index (χ2v) is 6.64. The molecule has 3 rings (SSSR count). The molecule has 1 aromatic carbocycles. The van der Waals surface area contributed by atoms with E-state index in [1.54, 1.807) is 19.2 Å². The molecule has 0 atom stereocenters. The van der Waals surface area contributed by atoms with Crippen LogP contribution in [0.5, 0.6) is 5.75 Å². The standard InChI is InChI=1S/C21H29N5O3/c1-3-22-21(24-10-9-23-20(27)19-8-5-15-29-19)26-13-11-25(12-14-26)17-6-4-7-18(16-17)28-2/h4-8,15-16H,3,9-14H2,1-2H3,(H,22,24)(H,23,27). The first-order valence-electron chi connectivity index (χ1n) is 9.95. The van der Waals surface area contributed by atoms with E-state index < -0.39 is 0 Å². The van der Waals surface area contributed by atoms with Gasteiger partial charge in [-0.05, 0) is 31.2 Å². The van der Waals surface area contributed by atoms with E-state index in [0.29, 0.717) is 18.8 Å². The number of carbonyl (C=O) groups excluding carboxylic acids is 1. The van der Waals surface area contributed by atoms with E-state index in [4.69, 9.17) is 9.15 Å². The van der Waals surface area contributed by atoms with Gasteiger partial charge in [0, 0.05) is 51.0 Å². The van der Waals surface area contributed by atoms with Gasteiger partial charge < -0.3 is 29.6 Å². The van der Waals surface area contributed by atoms with Crippen molar-refractivity contribution in [3.63, 3.8) is 0 Å². The molecule has 1 aliphatic heterocycles. The first kappa shape index (κ1) is 20.6. The predicted octanol–water partition coefficient (Wildman–Crippen LogP) is 1.81. The molecule has 1 amide bonds. The number of benzene rings is 1. The van der Waals surface area contributed by atoms with Crippen LogP contribution < -0.4 is 20.3 Å². The molecule has 8 nitrogen and oxygen atoms in total. The summed E-state index contributed by atoms with van der Waals surface area (Å²) in [6.45, 7) is 7.39. The van der Waals surface area contributed by atoms with Gasteiger partial charge in [-0.2, -0.15) is 0 Å². The minimum atomic E-state index is -0.220. The molecule has 2 heterocycles. The third kappa shape index (κ3) is 5.66. The molecule has 0 spiro atoms. The Balaban J connectivity index is 1.50. The Labute approximate surface area is 171 Å². The Bertz CT molecular complexity index is 798. The molecule has 0 unspecified atom stereocenters. The van der Waals surface area contributed by atoms with Crippen LogP contribution in [0.15, 0.2) is 52.1 Å². The second-order valence-electron chi connectivity index (χ2n) is 6.64. The van der Waals surface area contributed by atoms with E-state index in [-0.39, 0.29) is 5.91 Å². The lowest BCUT2D eigenvalue weighted by Gasteiger charge is -2.37. The van der Waals surface area contributed by atoms with Crippen molar-refractivity contribution in [1.29, 1.82) is 0 Å². The number of furan rings is 1. The molecule has 1 aromatic heterocycles. The number of guanidine groups is 1. The molecule has 0 radical (unpaired) electrons. The average molecular weight is 399 g/mol. The minimum Gasteiger partial charge on any atom is -0.497 e. The number of hydrogen-bond acceptors (Lipinski definition) is 5. The highest BCUT2D eigenvalue weighted by atomic mass is 16.5. The van der Waals surface area contributed by atoms with Crippen LogP contribution in [-0.4, -0.2) is 69.7 Å². The Kier molecular flexibility index (Phi) is 7.38. The molecule has 2 aromatic rings. The van der Waals surface area contributed by atoms with Gasteiger partial charge in [0.15, 0.2) is 11.7 Å². The molecule has 0 bridgehead atoms. The number of nitrogens with zero attached hydrogens (tertiary/aromatic N) is 3. The van der Waals surface area contributed by atoms with Gasteiger partial charge in [-0.15, -0.1) is 0 Å². The molecular weight excluding hydrogens is 370 g/mol. The monoisotopic (exact) mass is 399 g/mol. The number of anilines is 1. The Morgan fingerprint density at radius 2 is 2.00 bits per heavy atom. The van der Waals surface area contributed by atoms with Gasteiger partial charge in [0.05, 0.1) is 19.9 Å². The number of ether oxygens (including phenoxy) is 1. The molecule has 8 heteroatoms. The maximum Gasteiger partial charge on any atom is 0.287 e. The van der Waals surface area contributed by atoms with Crippen molar-refractivity contribution in [3.8, 4) is 5.75 Å². The van der Waals surface area contributed by atoms with Gasteiger partial charge in [-0.3, -0.25) is 9.79 Å². The largest absolute Gasteiger partial charge is 0.497 e. The third-order valence-corrected chi connectivity index (χ3v) is 4.74. The van der Waals surface area contributed by atoms with Crippen LogP contribution in [0.2, 0.25) is 0 Å². The molecular formula is C21H29N5O3. The summed E-state index contributed by atoms with van der Waals surface area (Å²) in [5.74, 6) is 1.85. The van der Waals surface area contributed by atoms with Crippen LogP contribution in [-0.2, 0) is 0 Å². The summed E-state index contributed by atoms with van der Waals surface area (Å²) >= 11 is 0. The number of methoxy groups -OCH3 is 1. The lowest BCUT2D eigenvalue weighted by molar-refractivity contribution is 0.0927. The van der Waals surface area contributed by atoms with Crippen LogP contribution in [0.1, 0.15) is 17.5 Å². The quantitative estimate of drug-likeness (QED) is 0.420. The third-order valence-electron chi connectivity index (χ3n) is 4.74. The van der Waals surface area contributed by atoms with E-state index in [2.05, 4.69) is 44.5 Å². The van der Waals surface area contributed by atoms with Crippen LogP contribution >= 0.6 is 0 Å². The fraction of sp³-hybridized carbons (Fsp3) is 0.429. The van der Waals surface area contributed by atoms with Crippen molar-refractivity contribution < 1.29 is 13.9 Å². The van der Waals surface area contributed by atoms with Gasteiger partial charge in [0.2, 0.25) is 0 Å². The van der Waals surface area contributed by atoms with E-state index in [1.807, 2.05) is 12.1 Å². The van der Waals surface area contributed by atoms with Gasteiger partial charge in [-0.25, -0.2) is 0 Å². The normalized spacial score (nSPS) is 14.6. The van der Waals surface area contributed by atoms with E-state index in [9.17, 15) is 4.79 Å². The summed E-state index contributed by atoms with van der Waals surface area (Å²) in [5, 5.41) is 6.17. The van der Waals surface area contributed by atoms with Gasteiger partial charge in [-0.1, -0.05) is 6.07 Å². The Hall–Kier alpha value is -3.16. The summed E-state index contributed by atoms with van der Waals surface area (Å²) in [4.78, 5) is 21.2. The molecule has 156 valence electrons. The summed E-state index contributed by atoms with van der Waals surface area (Å²) < 4.78 is 10.4. The van der Waals surface area contributed by atoms with E-state index in [0.717, 1.165) is 44.4 Å². The van der Waals surface area contributed by atoms with Crippen molar-refractivity contribution in [2.75, 3.05) is 57.8 Å². The van der Waals surface area contributed by atoms with E-state index in [1.165, 1.54) is 12.0 Å². The van der Waals surface area contributed by atoms with Crippen LogP contribution in [0.25, 0.3) is 0 Å².